The molecule has 0 saturated heterocycles. The van der Waals surface area contributed by atoms with Gasteiger partial charge in [-0.25, -0.2) is 13.1 Å². The van der Waals surface area contributed by atoms with E-state index in [0.29, 0.717) is 18.8 Å². The zero-order valence-corrected chi connectivity index (χ0v) is 11.1. The molecule has 1 rings (SSSR count). The number of hydrogen-bond donors (Lipinski definition) is 2. The maximum absolute atomic E-state index is 11.7. The van der Waals surface area contributed by atoms with E-state index >= 15 is 0 Å². The van der Waals surface area contributed by atoms with Gasteiger partial charge in [-0.05, 0) is 31.5 Å². The predicted molar refractivity (Wildman–Crippen MR) is 66.2 cm³/mol. The van der Waals surface area contributed by atoms with E-state index in [4.69, 9.17) is 4.42 Å². The number of furan rings is 1. The first-order chi connectivity index (χ1) is 8.10. The van der Waals surface area contributed by atoms with Crippen molar-refractivity contribution in [2.45, 2.75) is 38.3 Å². The second-order valence-corrected chi connectivity index (χ2v) is 5.49. The summed E-state index contributed by atoms with van der Waals surface area (Å²) in [6, 6.07) is 3.17. The molecule has 0 amide bonds. The summed E-state index contributed by atoms with van der Waals surface area (Å²) in [7, 11) is -3.48. The Morgan fingerprint density at radius 2 is 1.88 bits per heavy atom. The summed E-state index contributed by atoms with van der Waals surface area (Å²) >= 11 is 0. The van der Waals surface area contributed by atoms with Gasteiger partial charge in [-0.1, -0.05) is 13.8 Å². The van der Waals surface area contributed by atoms with E-state index in [1.165, 1.54) is 6.07 Å². The molecule has 0 spiro atoms. The van der Waals surface area contributed by atoms with Crippen LogP contribution in [-0.2, 0) is 16.6 Å². The number of sulfonamides is 1. The quantitative estimate of drug-likeness (QED) is 0.694. The third-order valence-electron chi connectivity index (χ3n) is 2.17. The van der Waals surface area contributed by atoms with Gasteiger partial charge in [-0.15, -0.1) is 0 Å². The second kappa shape index (κ2) is 6.78. The fraction of sp³-hybridized carbons (Fsp3) is 0.636. The highest BCUT2D eigenvalue weighted by molar-refractivity contribution is 7.89. The number of nitrogens with one attached hydrogen (secondary N) is 2. The summed E-state index contributed by atoms with van der Waals surface area (Å²) in [4.78, 5) is 0. The Balaban J connectivity index is 2.60. The third-order valence-corrected chi connectivity index (χ3v) is 3.50. The van der Waals surface area contributed by atoms with Crippen LogP contribution in [0, 0.1) is 0 Å². The van der Waals surface area contributed by atoms with Crippen LogP contribution in [0.2, 0.25) is 0 Å². The molecule has 0 unspecified atom stereocenters. The van der Waals surface area contributed by atoms with Crippen LogP contribution >= 0.6 is 0 Å². The van der Waals surface area contributed by atoms with Crippen LogP contribution in [0.15, 0.2) is 21.6 Å². The molecule has 1 aromatic rings. The number of hydrogen-bond acceptors (Lipinski definition) is 4. The van der Waals surface area contributed by atoms with Crippen molar-refractivity contribution in [3.8, 4) is 0 Å². The lowest BCUT2D eigenvalue weighted by molar-refractivity contribution is 0.400. The maximum Gasteiger partial charge on any atom is 0.273 e. The SMILES string of the molecule is CCCNCc1ccc(S(=O)(=O)NCCC)o1. The fourth-order valence-electron chi connectivity index (χ4n) is 1.29. The fourth-order valence-corrected chi connectivity index (χ4v) is 2.37. The monoisotopic (exact) mass is 260 g/mol. The summed E-state index contributed by atoms with van der Waals surface area (Å²) < 4.78 is 31.2. The van der Waals surface area contributed by atoms with Gasteiger partial charge in [0.15, 0.2) is 0 Å². The first-order valence-electron chi connectivity index (χ1n) is 5.89. The van der Waals surface area contributed by atoms with Crippen molar-refractivity contribution < 1.29 is 12.8 Å². The highest BCUT2D eigenvalue weighted by atomic mass is 32.2. The molecule has 0 aromatic carbocycles. The Kier molecular flexibility index (Phi) is 5.67. The van der Waals surface area contributed by atoms with Crippen LogP contribution in [0.4, 0.5) is 0 Å². The van der Waals surface area contributed by atoms with Gasteiger partial charge in [0.05, 0.1) is 6.54 Å². The van der Waals surface area contributed by atoms with Crippen LogP contribution in [0.25, 0.3) is 0 Å². The molecule has 2 N–H and O–H groups in total. The Morgan fingerprint density at radius 1 is 1.18 bits per heavy atom. The number of rotatable bonds is 8. The normalized spacial score (nSPS) is 11.9. The van der Waals surface area contributed by atoms with Gasteiger partial charge >= 0.3 is 0 Å². The smallest absolute Gasteiger partial charge is 0.273 e. The average Bonchev–Trinajstić information content (AvgIpc) is 2.76. The lowest BCUT2D eigenvalue weighted by atomic mass is 10.4. The van der Waals surface area contributed by atoms with Crippen LogP contribution < -0.4 is 10.0 Å². The average molecular weight is 260 g/mol. The van der Waals surface area contributed by atoms with E-state index in [1.54, 1.807) is 6.07 Å². The van der Waals surface area contributed by atoms with E-state index in [2.05, 4.69) is 17.0 Å². The van der Waals surface area contributed by atoms with Gasteiger partial charge in [0.25, 0.3) is 10.0 Å². The Labute approximate surface area is 103 Å². The molecule has 0 saturated carbocycles. The molecule has 0 radical (unpaired) electrons. The van der Waals surface area contributed by atoms with Crippen molar-refractivity contribution in [2.75, 3.05) is 13.1 Å². The molecule has 0 aliphatic heterocycles. The molecule has 0 aliphatic rings. The van der Waals surface area contributed by atoms with Crippen LogP contribution in [0.1, 0.15) is 32.4 Å². The van der Waals surface area contributed by atoms with Gasteiger partial charge in [0, 0.05) is 6.54 Å². The molecule has 0 atom stereocenters. The lowest BCUT2D eigenvalue weighted by Crippen LogP contribution is -2.23. The van der Waals surface area contributed by atoms with E-state index in [0.717, 1.165) is 19.4 Å². The Hall–Kier alpha value is -0.850. The van der Waals surface area contributed by atoms with E-state index in [1.807, 2.05) is 6.92 Å². The van der Waals surface area contributed by atoms with Crippen LogP contribution in [0.5, 0.6) is 0 Å². The summed E-state index contributed by atoms with van der Waals surface area (Å²) in [5.74, 6) is 0.635. The lowest BCUT2D eigenvalue weighted by Gasteiger charge is -2.02. The summed E-state index contributed by atoms with van der Waals surface area (Å²) in [6.07, 6.45) is 1.79. The third kappa shape index (κ3) is 4.49. The zero-order chi connectivity index (χ0) is 12.7. The molecular formula is C11H20N2O3S. The standard InChI is InChI=1S/C11H20N2O3S/c1-3-7-12-9-10-5-6-11(16-10)17(14,15)13-8-4-2/h5-6,12-13H,3-4,7-9H2,1-2H3. The predicted octanol–water partition coefficient (Wildman–Crippen LogP) is 1.47. The van der Waals surface area contributed by atoms with Crippen molar-refractivity contribution in [1.82, 2.24) is 10.0 Å². The highest BCUT2D eigenvalue weighted by Crippen LogP contribution is 2.13. The van der Waals surface area contributed by atoms with Crippen molar-refractivity contribution in [2.24, 2.45) is 0 Å². The minimum absolute atomic E-state index is 0.0146. The molecule has 5 nitrogen and oxygen atoms in total. The van der Waals surface area contributed by atoms with Gasteiger partial charge < -0.3 is 9.73 Å². The topological polar surface area (TPSA) is 71.3 Å². The first-order valence-corrected chi connectivity index (χ1v) is 7.37. The van der Waals surface area contributed by atoms with Crippen molar-refractivity contribution in [3.05, 3.63) is 17.9 Å². The van der Waals surface area contributed by atoms with Gasteiger partial charge in [-0.3, -0.25) is 0 Å². The molecule has 1 heterocycles. The Morgan fingerprint density at radius 3 is 2.53 bits per heavy atom. The Bertz CT molecular complexity index is 426. The molecule has 98 valence electrons. The minimum atomic E-state index is -3.48. The summed E-state index contributed by atoms with van der Waals surface area (Å²) in [5.41, 5.74) is 0. The van der Waals surface area contributed by atoms with Crippen molar-refractivity contribution in [1.29, 1.82) is 0 Å². The van der Waals surface area contributed by atoms with E-state index in [-0.39, 0.29) is 5.09 Å². The second-order valence-electron chi connectivity index (χ2n) is 3.80. The summed E-state index contributed by atoms with van der Waals surface area (Å²) in [6.45, 7) is 5.84. The molecule has 6 heteroatoms. The van der Waals surface area contributed by atoms with Crippen LogP contribution in [-0.4, -0.2) is 21.5 Å². The summed E-state index contributed by atoms with van der Waals surface area (Å²) in [5, 5.41) is 3.14. The zero-order valence-electron chi connectivity index (χ0n) is 10.3. The van der Waals surface area contributed by atoms with Gasteiger partial charge in [-0.2, -0.15) is 0 Å². The van der Waals surface area contributed by atoms with Crippen LogP contribution in [0.3, 0.4) is 0 Å². The molecule has 0 aliphatic carbocycles. The van der Waals surface area contributed by atoms with Crippen molar-refractivity contribution >= 4 is 10.0 Å². The van der Waals surface area contributed by atoms with E-state index < -0.39 is 10.0 Å². The molecule has 0 bridgehead atoms. The maximum atomic E-state index is 11.7. The van der Waals surface area contributed by atoms with E-state index in [9.17, 15) is 8.42 Å². The van der Waals surface area contributed by atoms with Gasteiger partial charge in [0.1, 0.15) is 5.76 Å². The molecule has 1 aromatic heterocycles. The molecule has 0 fully saturated rings. The van der Waals surface area contributed by atoms with Gasteiger partial charge in [0.2, 0.25) is 5.09 Å². The highest BCUT2D eigenvalue weighted by Gasteiger charge is 2.17. The molecular weight excluding hydrogens is 240 g/mol. The first kappa shape index (κ1) is 14.2. The molecule has 17 heavy (non-hydrogen) atoms. The largest absolute Gasteiger partial charge is 0.447 e. The minimum Gasteiger partial charge on any atom is -0.447 e. The van der Waals surface area contributed by atoms with Crippen molar-refractivity contribution in [3.63, 3.8) is 0 Å².